The minimum Gasteiger partial charge on any atom is -0.387 e. The summed E-state index contributed by atoms with van der Waals surface area (Å²) in [6.45, 7) is 4.22. The molecule has 0 aromatic carbocycles. The van der Waals surface area contributed by atoms with E-state index in [9.17, 15) is 9.59 Å². The Kier molecular flexibility index (Phi) is 5.78. The predicted molar refractivity (Wildman–Crippen MR) is 74.0 cm³/mol. The summed E-state index contributed by atoms with van der Waals surface area (Å²) in [4.78, 5) is 27.5. The molecule has 1 heterocycles. The Morgan fingerprint density at radius 3 is 2.63 bits per heavy atom. The number of aromatic nitrogens is 1. The van der Waals surface area contributed by atoms with Crippen molar-refractivity contribution in [3.8, 4) is 0 Å². The Bertz CT molecular complexity index is 431. The Morgan fingerprint density at radius 1 is 1.37 bits per heavy atom. The molecule has 0 aliphatic rings. The summed E-state index contributed by atoms with van der Waals surface area (Å²) in [6, 6.07) is 2.78. The lowest BCUT2D eigenvalue weighted by Gasteiger charge is -2.13. The number of nitrogens with zero attached hydrogens (tertiary/aromatic N) is 1. The van der Waals surface area contributed by atoms with Crippen LogP contribution in [0.25, 0.3) is 0 Å². The van der Waals surface area contributed by atoms with Crippen LogP contribution < -0.4 is 16.0 Å². The molecule has 6 nitrogen and oxygen atoms in total. The van der Waals surface area contributed by atoms with Gasteiger partial charge in [-0.05, 0) is 25.5 Å². The standard InChI is InChI=1S/C13H20N4O2/c1-4-7-15-12(18)9(2)17-13(19)11-6-5-10(14-3)8-16-11/h5-6,8-9,14H,4,7H2,1-3H3,(H,15,18)(H,17,19). The average Bonchev–Trinajstić information content (AvgIpc) is 2.44. The van der Waals surface area contributed by atoms with E-state index in [1.807, 2.05) is 6.92 Å². The van der Waals surface area contributed by atoms with Gasteiger partial charge in [0.2, 0.25) is 5.91 Å². The second kappa shape index (κ2) is 7.35. The predicted octanol–water partition coefficient (Wildman–Crippen LogP) is 0.768. The number of anilines is 1. The number of hydrogen-bond donors (Lipinski definition) is 3. The number of pyridine rings is 1. The summed E-state index contributed by atoms with van der Waals surface area (Å²) in [5.41, 5.74) is 1.11. The molecule has 1 rings (SSSR count). The molecular formula is C13H20N4O2. The summed E-state index contributed by atoms with van der Waals surface area (Å²) < 4.78 is 0. The first-order valence-electron chi connectivity index (χ1n) is 6.30. The second-order valence-electron chi connectivity index (χ2n) is 4.17. The van der Waals surface area contributed by atoms with Crippen molar-refractivity contribution in [2.24, 2.45) is 0 Å². The topological polar surface area (TPSA) is 83.1 Å². The highest BCUT2D eigenvalue weighted by atomic mass is 16.2. The molecule has 1 unspecified atom stereocenters. The first kappa shape index (κ1) is 14.9. The lowest BCUT2D eigenvalue weighted by Crippen LogP contribution is -2.45. The Balaban J connectivity index is 2.55. The van der Waals surface area contributed by atoms with Gasteiger partial charge in [0.1, 0.15) is 11.7 Å². The zero-order chi connectivity index (χ0) is 14.3. The number of hydrogen-bond acceptors (Lipinski definition) is 4. The van der Waals surface area contributed by atoms with Gasteiger partial charge >= 0.3 is 0 Å². The maximum absolute atomic E-state index is 11.9. The highest BCUT2D eigenvalue weighted by molar-refractivity contribution is 5.96. The number of carbonyl (C=O) groups excluding carboxylic acids is 2. The zero-order valence-electron chi connectivity index (χ0n) is 11.5. The van der Waals surface area contributed by atoms with Crippen molar-refractivity contribution < 1.29 is 9.59 Å². The van der Waals surface area contributed by atoms with Crippen LogP contribution in [0.15, 0.2) is 18.3 Å². The van der Waals surface area contributed by atoms with E-state index >= 15 is 0 Å². The third-order valence-electron chi connectivity index (χ3n) is 2.57. The fraction of sp³-hybridized carbons (Fsp3) is 0.462. The van der Waals surface area contributed by atoms with Crippen molar-refractivity contribution in [3.05, 3.63) is 24.0 Å². The van der Waals surface area contributed by atoms with Crippen molar-refractivity contribution >= 4 is 17.5 Å². The number of amides is 2. The molecule has 0 radical (unpaired) electrons. The SMILES string of the molecule is CCCNC(=O)C(C)NC(=O)c1ccc(NC)cn1. The first-order chi connectivity index (χ1) is 9.08. The molecule has 0 aliphatic carbocycles. The normalized spacial score (nSPS) is 11.5. The van der Waals surface area contributed by atoms with Crippen LogP contribution >= 0.6 is 0 Å². The summed E-state index contributed by atoms with van der Waals surface area (Å²) in [7, 11) is 1.77. The van der Waals surface area contributed by atoms with E-state index in [-0.39, 0.29) is 17.5 Å². The smallest absolute Gasteiger partial charge is 0.270 e. The molecule has 19 heavy (non-hydrogen) atoms. The van der Waals surface area contributed by atoms with Crippen LogP contribution in [0.1, 0.15) is 30.8 Å². The van der Waals surface area contributed by atoms with Gasteiger partial charge in [0.25, 0.3) is 5.91 Å². The van der Waals surface area contributed by atoms with Crippen molar-refractivity contribution in [1.82, 2.24) is 15.6 Å². The summed E-state index contributed by atoms with van der Waals surface area (Å²) >= 11 is 0. The fourth-order valence-electron chi connectivity index (χ4n) is 1.41. The van der Waals surface area contributed by atoms with Gasteiger partial charge in [0.05, 0.1) is 11.9 Å². The van der Waals surface area contributed by atoms with Crippen LogP contribution in [0, 0.1) is 0 Å². The van der Waals surface area contributed by atoms with Crippen LogP contribution in [-0.4, -0.2) is 36.4 Å². The molecule has 0 saturated heterocycles. The van der Waals surface area contributed by atoms with Crippen molar-refractivity contribution in [1.29, 1.82) is 0 Å². The van der Waals surface area contributed by atoms with Gasteiger partial charge in [0, 0.05) is 13.6 Å². The van der Waals surface area contributed by atoms with Crippen molar-refractivity contribution in [2.75, 3.05) is 18.9 Å². The van der Waals surface area contributed by atoms with Gasteiger partial charge in [-0.2, -0.15) is 0 Å². The van der Waals surface area contributed by atoms with Gasteiger partial charge in [-0.15, -0.1) is 0 Å². The Hall–Kier alpha value is -2.11. The lowest BCUT2D eigenvalue weighted by molar-refractivity contribution is -0.122. The molecule has 1 atom stereocenters. The van der Waals surface area contributed by atoms with Crippen molar-refractivity contribution in [2.45, 2.75) is 26.3 Å². The number of rotatable bonds is 6. The summed E-state index contributed by atoms with van der Waals surface area (Å²) in [5.74, 6) is -0.552. The number of carbonyl (C=O) groups is 2. The van der Waals surface area contributed by atoms with Gasteiger partial charge in [-0.3, -0.25) is 9.59 Å². The fourth-order valence-corrected chi connectivity index (χ4v) is 1.41. The van der Waals surface area contributed by atoms with E-state index in [4.69, 9.17) is 0 Å². The molecule has 1 aromatic rings. The third kappa shape index (κ3) is 4.57. The van der Waals surface area contributed by atoms with Gasteiger partial charge in [0.15, 0.2) is 0 Å². The quantitative estimate of drug-likeness (QED) is 0.708. The van der Waals surface area contributed by atoms with Gasteiger partial charge in [-0.25, -0.2) is 4.98 Å². The molecule has 6 heteroatoms. The molecule has 1 aromatic heterocycles. The summed E-state index contributed by atoms with van der Waals surface area (Å²) in [5, 5.41) is 8.25. The Morgan fingerprint density at radius 2 is 2.11 bits per heavy atom. The maximum atomic E-state index is 11.9. The monoisotopic (exact) mass is 264 g/mol. The van der Waals surface area contributed by atoms with E-state index in [0.29, 0.717) is 6.54 Å². The maximum Gasteiger partial charge on any atom is 0.270 e. The molecular weight excluding hydrogens is 244 g/mol. The highest BCUT2D eigenvalue weighted by Crippen LogP contribution is 2.04. The van der Waals surface area contributed by atoms with E-state index in [1.54, 1.807) is 32.3 Å². The van der Waals surface area contributed by atoms with E-state index in [0.717, 1.165) is 12.1 Å². The van der Waals surface area contributed by atoms with Crippen LogP contribution in [0.5, 0.6) is 0 Å². The number of nitrogens with one attached hydrogen (secondary N) is 3. The molecule has 3 N–H and O–H groups in total. The van der Waals surface area contributed by atoms with Crippen molar-refractivity contribution in [3.63, 3.8) is 0 Å². The highest BCUT2D eigenvalue weighted by Gasteiger charge is 2.16. The van der Waals surface area contributed by atoms with E-state index < -0.39 is 6.04 Å². The van der Waals surface area contributed by atoms with E-state index in [2.05, 4.69) is 20.9 Å². The zero-order valence-corrected chi connectivity index (χ0v) is 11.5. The minimum atomic E-state index is -0.579. The molecule has 0 saturated carbocycles. The molecule has 104 valence electrons. The molecule has 0 bridgehead atoms. The summed E-state index contributed by atoms with van der Waals surface area (Å²) in [6.07, 6.45) is 2.43. The lowest BCUT2D eigenvalue weighted by atomic mass is 10.2. The largest absolute Gasteiger partial charge is 0.387 e. The average molecular weight is 264 g/mol. The minimum absolute atomic E-state index is 0.193. The molecule has 0 aliphatic heterocycles. The van der Waals surface area contributed by atoms with Crippen LogP contribution in [0.4, 0.5) is 5.69 Å². The van der Waals surface area contributed by atoms with Gasteiger partial charge in [-0.1, -0.05) is 6.92 Å². The molecule has 2 amide bonds. The van der Waals surface area contributed by atoms with Gasteiger partial charge < -0.3 is 16.0 Å². The molecule has 0 spiro atoms. The van der Waals surface area contributed by atoms with E-state index in [1.165, 1.54) is 0 Å². The first-order valence-corrected chi connectivity index (χ1v) is 6.30. The van der Waals surface area contributed by atoms with Crippen LogP contribution in [0.3, 0.4) is 0 Å². The van der Waals surface area contributed by atoms with Crippen LogP contribution in [-0.2, 0) is 4.79 Å². The molecule has 0 fully saturated rings. The van der Waals surface area contributed by atoms with Crippen LogP contribution in [0.2, 0.25) is 0 Å². The third-order valence-corrected chi connectivity index (χ3v) is 2.57. The Labute approximate surface area is 113 Å². The second-order valence-corrected chi connectivity index (χ2v) is 4.17.